The van der Waals surface area contributed by atoms with Crippen LogP contribution in [0.3, 0.4) is 0 Å². The zero-order chi connectivity index (χ0) is 22.8. The molecule has 1 unspecified atom stereocenters. The number of nitrogen functional groups attached to an aromatic ring is 1. The van der Waals surface area contributed by atoms with E-state index in [1.54, 1.807) is 21.4 Å². The van der Waals surface area contributed by atoms with Crippen molar-refractivity contribution in [3.8, 4) is 0 Å². The monoisotopic (exact) mass is 452 g/mol. The summed E-state index contributed by atoms with van der Waals surface area (Å²) in [6.07, 6.45) is 6.59. The number of morpholine rings is 1. The van der Waals surface area contributed by atoms with Crippen molar-refractivity contribution >= 4 is 33.8 Å². The minimum absolute atomic E-state index is 0.0754. The minimum Gasteiger partial charge on any atom is -0.396 e. The number of nitrogens with one attached hydrogen (secondary N) is 1. The Morgan fingerprint density at radius 1 is 1.06 bits per heavy atom. The summed E-state index contributed by atoms with van der Waals surface area (Å²) in [6.45, 7) is 3.18. The molecule has 33 heavy (non-hydrogen) atoms. The van der Waals surface area contributed by atoms with Crippen LogP contribution in [0, 0.1) is 0 Å². The number of nitrogens with two attached hydrogens (primary N) is 1. The molecule has 11 heteroatoms. The Balaban J connectivity index is 1.45. The van der Waals surface area contributed by atoms with E-state index < -0.39 is 6.17 Å². The van der Waals surface area contributed by atoms with Crippen molar-refractivity contribution in [3.63, 3.8) is 0 Å². The molecule has 0 radical (unpaired) electrons. The van der Waals surface area contributed by atoms with Crippen LogP contribution in [0.25, 0.3) is 11.0 Å². The van der Waals surface area contributed by atoms with Crippen molar-refractivity contribution in [1.82, 2.24) is 19.2 Å². The van der Waals surface area contributed by atoms with Gasteiger partial charge in [-0.2, -0.15) is 10.2 Å². The van der Waals surface area contributed by atoms with E-state index in [9.17, 15) is 10.2 Å². The number of nitrogens with zero attached hydrogens (tertiary/aromatic N) is 6. The van der Waals surface area contributed by atoms with E-state index in [2.05, 4.69) is 26.5 Å². The third-order valence-electron chi connectivity index (χ3n) is 5.96. The standard InChI is InChI=1S/C22H28N8O3/c23-18-13-24-29-4-2-17(12-20(18)29)28(5-8-31)22(15-32)26-19-14-25-30-3-1-16(11-21(19)30)27-6-9-33-10-7-27/h1-4,11-14,22,26,31-32H,5-10,15,23H2. The van der Waals surface area contributed by atoms with Gasteiger partial charge in [-0.05, 0) is 24.3 Å². The summed E-state index contributed by atoms with van der Waals surface area (Å²) in [4.78, 5) is 4.19. The molecule has 4 aromatic rings. The molecule has 1 atom stereocenters. The summed E-state index contributed by atoms with van der Waals surface area (Å²) in [5.74, 6) is 0. The van der Waals surface area contributed by atoms with Crippen LogP contribution >= 0.6 is 0 Å². The number of fused-ring (bicyclic) bond motifs is 2. The Hall–Kier alpha value is -3.54. The number of aromatic nitrogens is 4. The van der Waals surface area contributed by atoms with Crippen molar-refractivity contribution in [2.45, 2.75) is 6.17 Å². The van der Waals surface area contributed by atoms with Gasteiger partial charge in [-0.25, -0.2) is 9.03 Å². The van der Waals surface area contributed by atoms with Crippen LogP contribution in [0.1, 0.15) is 0 Å². The second-order valence-electron chi connectivity index (χ2n) is 7.95. The highest BCUT2D eigenvalue weighted by atomic mass is 16.5. The Kier molecular flexibility index (Phi) is 5.90. The van der Waals surface area contributed by atoms with Crippen molar-refractivity contribution in [2.24, 2.45) is 0 Å². The van der Waals surface area contributed by atoms with Gasteiger partial charge in [-0.15, -0.1) is 0 Å². The van der Waals surface area contributed by atoms with Gasteiger partial charge in [0.25, 0.3) is 0 Å². The van der Waals surface area contributed by atoms with Crippen molar-refractivity contribution in [2.75, 3.05) is 66.9 Å². The lowest BCUT2D eigenvalue weighted by Gasteiger charge is -2.33. The normalized spacial score (nSPS) is 15.3. The highest BCUT2D eigenvalue weighted by Crippen LogP contribution is 2.27. The van der Waals surface area contributed by atoms with Crippen LogP contribution in [0.5, 0.6) is 0 Å². The van der Waals surface area contributed by atoms with Crippen molar-refractivity contribution in [1.29, 1.82) is 0 Å². The molecular weight excluding hydrogens is 424 g/mol. The predicted octanol–water partition coefficient (Wildman–Crippen LogP) is 0.630. The first-order valence-electron chi connectivity index (χ1n) is 11.0. The van der Waals surface area contributed by atoms with Gasteiger partial charge in [0.05, 0.1) is 61.2 Å². The van der Waals surface area contributed by atoms with Gasteiger partial charge in [-0.1, -0.05) is 0 Å². The molecule has 174 valence electrons. The van der Waals surface area contributed by atoms with E-state index in [1.807, 2.05) is 35.5 Å². The summed E-state index contributed by atoms with van der Waals surface area (Å²) in [5, 5.41) is 32.1. The number of rotatable bonds is 8. The fraction of sp³-hybridized carbons (Fsp3) is 0.364. The molecule has 0 aliphatic carbocycles. The summed E-state index contributed by atoms with van der Waals surface area (Å²) in [6, 6.07) is 7.91. The number of anilines is 4. The minimum atomic E-state index is -0.496. The number of hydrogen-bond donors (Lipinski definition) is 4. The van der Waals surface area contributed by atoms with Crippen LogP contribution in [-0.2, 0) is 4.74 Å². The van der Waals surface area contributed by atoms with Crippen LogP contribution in [-0.4, -0.2) is 81.7 Å². The molecule has 0 aromatic carbocycles. The first-order chi connectivity index (χ1) is 16.2. The lowest BCUT2D eigenvalue weighted by atomic mass is 10.2. The van der Waals surface area contributed by atoms with Crippen LogP contribution in [0.2, 0.25) is 0 Å². The summed E-state index contributed by atoms with van der Waals surface area (Å²) in [7, 11) is 0. The fourth-order valence-electron chi connectivity index (χ4n) is 4.24. The highest BCUT2D eigenvalue weighted by molar-refractivity contribution is 5.77. The third kappa shape index (κ3) is 4.13. The van der Waals surface area contributed by atoms with Gasteiger partial charge < -0.3 is 35.8 Å². The van der Waals surface area contributed by atoms with Gasteiger partial charge >= 0.3 is 0 Å². The molecule has 1 aliphatic rings. The Bertz CT molecular complexity index is 1230. The highest BCUT2D eigenvalue weighted by Gasteiger charge is 2.21. The second-order valence-corrected chi connectivity index (χ2v) is 7.95. The first-order valence-corrected chi connectivity index (χ1v) is 11.0. The zero-order valence-corrected chi connectivity index (χ0v) is 18.2. The lowest BCUT2D eigenvalue weighted by molar-refractivity contribution is 0.122. The average molecular weight is 453 g/mol. The summed E-state index contributed by atoms with van der Waals surface area (Å²) in [5.41, 5.74) is 11.0. The Morgan fingerprint density at radius 2 is 1.82 bits per heavy atom. The molecule has 1 aliphatic heterocycles. The van der Waals surface area contributed by atoms with E-state index in [-0.39, 0.29) is 13.2 Å². The third-order valence-corrected chi connectivity index (χ3v) is 5.96. The predicted molar refractivity (Wildman–Crippen MR) is 127 cm³/mol. The lowest BCUT2D eigenvalue weighted by Crippen LogP contribution is -2.45. The molecule has 11 nitrogen and oxygen atoms in total. The first kappa shape index (κ1) is 21.3. The average Bonchev–Trinajstić information content (AvgIpc) is 3.44. The number of hydrogen-bond acceptors (Lipinski definition) is 9. The van der Waals surface area contributed by atoms with E-state index >= 15 is 0 Å². The van der Waals surface area contributed by atoms with Crippen molar-refractivity contribution < 1.29 is 14.9 Å². The van der Waals surface area contributed by atoms with Gasteiger partial charge in [0.1, 0.15) is 6.17 Å². The maximum Gasteiger partial charge on any atom is 0.123 e. The van der Waals surface area contributed by atoms with Gasteiger partial charge in [0.2, 0.25) is 0 Å². The van der Waals surface area contributed by atoms with Gasteiger partial charge in [0, 0.05) is 43.4 Å². The second kappa shape index (κ2) is 9.14. The smallest absolute Gasteiger partial charge is 0.123 e. The summed E-state index contributed by atoms with van der Waals surface area (Å²) < 4.78 is 8.96. The molecule has 5 rings (SSSR count). The van der Waals surface area contributed by atoms with Crippen LogP contribution < -0.4 is 20.9 Å². The van der Waals surface area contributed by atoms with Crippen LogP contribution in [0.15, 0.2) is 49.1 Å². The number of aliphatic hydroxyl groups is 2. The Morgan fingerprint density at radius 3 is 2.61 bits per heavy atom. The maximum atomic E-state index is 10.3. The van der Waals surface area contributed by atoms with Crippen molar-refractivity contribution in [3.05, 3.63) is 49.1 Å². The quantitative estimate of drug-likeness (QED) is 0.285. The zero-order valence-electron chi connectivity index (χ0n) is 18.2. The van der Waals surface area contributed by atoms with Crippen LogP contribution in [0.4, 0.5) is 22.7 Å². The number of aliphatic hydroxyl groups excluding tert-OH is 2. The maximum absolute atomic E-state index is 10.3. The van der Waals surface area contributed by atoms with Gasteiger partial charge in [-0.3, -0.25) is 0 Å². The van der Waals surface area contributed by atoms with E-state index in [0.717, 1.165) is 41.2 Å². The van der Waals surface area contributed by atoms with Gasteiger partial charge in [0.15, 0.2) is 0 Å². The summed E-state index contributed by atoms with van der Waals surface area (Å²) >= 11 is 0. The fourth-order valence-corrected chi connectivity index (χ4v) is 4.24. The van der Waals surface area contributed by atoms with E-state index in [0.29, 0.717) is 25.4 Å². The number of ether oxygens (including phenoxy) is 1. The molecule has 1 saturated heterocycles. The number of pyridine rings is 2. The molecule has 0 spiro atoms. The van der Waals surface area contributed by atoms with E-state index in [1.165, 1.54) is 0 Å². The SMILES string of the molecule is Nc1cnn2ccc(N(CCO)C(CO)Nc3cnn4ccc(N5CCOCC5)cc34)cc12. The molecule has 0 saturated carbocycles. The molecule has 4 aromatic heterocycles. The molecule has 1 fully saturated rings. The topological polar surface area (TPSA) is 129 Å². The molecular formula is C22H28N8O3. The molecule has 0 amide bonds. The van der Waals surface area contributed by atoms with E-state index in [4.69, 9.17) is 10.5 Å². The molecule has 5 N–H and O–H groups in total. The molecule has 5 heterocycles. The Labute approximate surface area is 190 Å². The molecule has 0 bridgehead atoms. The largest absolute Gasteiger partial charge is 0.396 e.